The lowest BCUT2D eigenvalue weighted by Gasteiger charge is -2.32. The Morgan fingerprint density at radius 2 is 2.27 bits per heavy atom. The number of hydrogen-bond acceptors (Lipinski definition) is 3. The van der Waals surface area contributed by atoms with Crippen molar-refractivity contribution in [2.75, 3.05) is 13.1 Å². The first-order chi connectivity index (χ1) is 7.42. The molecule has 0 spiro atoms. The third-order valence-electron chi connectivity index (χ3n) is 2.99. The van der Waals surface area contributed by atoms with E-state index in [1.807, 2.05) is 6.20 Å². The molecule has 1 N–H and O–H groups in total. The zero-order valence-corrected chi connectivity index (χ0v) is 8.85. The Morgan fingerprint density at radius 3 is 2.87 bits per heavy atom. The maximum absolute atomic E-state index is 10.7. The van der Waals surface area contributed by atoms with E-state index in [0.29, 0.717) is 6.42 Å². The summed E-state index contributed by atoms with van der Waals surface area (Å²) in [7, 11) is 0. The van der Waals surface area contributed by atoms with Gasteiger partial charge in [-0.1, -0.05) is 6.42 Å². The van der Waals surface area contributed by atoms with Gasteiger partial charge >= 0.3 is 0 Å². The summed E-state index contributed by atoms with van der Waals surface area (Å²) in [5.74, 6) is 0.920. The van der Waals surface area contributed by atoms with Crippen molar-refractivity contribution in [1.82, 2.24) is 14.9 Å². The third-order valence-corrected chi connectivity index (χ3v) is 2.99. The van der Waals surface area contributed by atoms with Gasteiger partial charge in [0, 0.05) is 18.8 Å². The minimum atomic E-state index is 0.151. The van der Waals surface area contributed by atoms with Gasteiger partial charge in [0.15, 0.2) is 0 Å². The van der Waals surface area contributed by atoms with E-state index in [1.165, 1.54) is 19.3 Å². The monoisotopic (exact) mass is 207 g/mol. The molecule has 1 aromatic heterocycles. The smallest absolute Gasteiger partial charge is 0.123 e. The number of carbonyl (C=O) groups is 1. The normalized spacial score (nSPS) is 20.0. The van der Waals surface area contributed by atoms with Crippen LogP contribution in [0.1, 0.15) is 37.5 Å². The molecule has 0 aliphatic carbocycles. The van der Waals surface area contributed by atoms with Crippen LogP contribution in [-0.2, 0) is 4.79 Å². The summed E-state index contributed by atoms with van der Waals surface area (Å²) in [6.45, 7) is 2.17. The highest BCUT2D eigenvalue weighted by Crippen LogP contribution is 2.24. The molecule has 15 heavy (non-hydrogen) atoms. The molecule has 0 radical (unpaired) electrons. The Bertz CT molecular complexity index is 291. The van der Waals surface area contributed by atoms with E-state index in [9.17, 15) is 4.79 Å². The molecule has 1 aliphatic rings. The molecule has 2 rings (SSSR count). The summed E-state index contributed by atoms with van der Waals surface area (Å²) in [6, 6.07) is 0.151. The van der Waals surface area contributed by atoms with Gasteiger partial charge in [0.25, 0.3) is 0 Å². The molecule has 0 amide bonds. The van der Waals surface area contributed by atoms with E-state index in [0.717, 1.165) is 25.2 Å². The Balaban J connectivity index is 2.07. The fraction of sp³-hybridized carbons (Fsp3) is 0.636. The van der Waals surface area contributed by atoms with Crippen LogP contribution in [0.15, 0.2) is 12.4 Å². The molecule has 1 unspecified atom stereocenters. The van der Waals surface area contributed by atoms with E-state index in [1.54, 1.807) is 6.20 Å². The second kappa shape index (κ2) is 5.07. The number of piperidine rings is 1. The minimum Gasteiger partial charge on any atom is -0.347 e. The van der Waals surface area contributed by atoms with Crippen LogP contribution in [-0.4, -0.2) is 34.2 Å². The van der Waals surface area contributed by atoms with Crippen LogP contribution in [0.25, 0.3) is 0 Å². The van der Waals surface area contributed by atoms with E-state index in [4.69, 9.17) is 0 Å². The Labute approximate surface area is 89.7 Å². The Morgan fingerprint density at radius 1 is 1.47 bits per heavy atom. The largest absolute Gasteiger partial charge is 0.347 e. The molecule has 4 heteroatoms. The number of nitrogens with one attached hydrogen (secondary N) is 1. The van der Waals surface area contributed by atoms with Crippen molar-refractivity contribution in [3.05, 3.63) is 18.2 Å². The number of H-pyrrole nitrogens is 1. The molecule has 1 fully saturated rings. The lowest BCUT2D eigenvalue weighted by atomic mass is 10.1. The number of carbonyl (C=O) groups excluding carboxylic acids is 1. The number of likely N-dealkylation sites (tertiary alicyclic amines) is 1. The number of aromatic amines is 1. The summed E-state index contributed by atoms with van der Waals surface area (Å²) in [4.78, 5) is 20.4. The van der Waals surface area contributed by atoms with Crippen molar-refractivity contribution in [3.8, 4) is 0 Å². The van der Waals surface area contributed by atoms with Gasteiger partial charge in [-0.15, -0.1) is 0 Å². The van der Waals surface area contributed by atoms with E-state index in [-0.39, 0.29) is 6.04 Å². The summed E-state index contributed by atoms with van der Waals surface area (Å²) in [5.41, 5.74) is 0. The third kappa shape index (κ3) is 2.45. The molecule has 82 valence electrons. The second-order valence-electron chi connectivity index (χ2n) is 3.99. The van der Waals surface area contributed by atoms with Crippen molar-refractivity contribution < 1.29 is 4.79 Å². The van der Waals surface area contributed by atoms with Crippen LogP contribution in [0.3, 0.4) is 0 Å². The molecule has 4 nitrogen and oxygen atoms in total. The lowest BCUT2D eigenvalue weighted by molar-refractivity contribution is -0.109. The molecule has 2 heterocycles. The number of imidazole rings is 1. The van der Waals surface area contributed by atoms with Gasteiger partial charge in [0.05, 0.1) is 6.04 Å². The highest BCUT2D eigenvalue weighted by molar-refractivity contribution is 5.50. The van der Waals surface area contributed by atoms with Gasteiger partial charge in [0.1, 0.15) is 12.1 Å². The second-order valence-corrected chi connectivity index (χ2v) is 3.99. The highest BCUT2D eigenvalue weighted by atomic mass is 16.1. The van der Waals surface area contributed by atoms with Crippen molar-refractivity contribution in [2.45, 2.75) is 31.7 Å². The van der Waals surface area contributed by atoms with Crippen molar-refractivity contribution in [2.24, 2.45) is 0 Å². The van der Waals surface area contributed by atoms with Crippen LogP contribution >= 0.6 is 0 Å². The van der Waals surface area contributed by atoms with Crippen LogP contribution in [0.2, 0.25) is 0 Å². The van der Waals surface area contributed by atoms with Gasteiger partial charge in [-0.2, -0.15) is 0 Å². The van der Waals surface area contributed by atoms with Gasteiger partial charge in [-0.05, 0) is 25.9 Å². The van der Waals surface area contributed by atoms with Crippen molar-refractivity contribution in [3.63, 3.8) is 0 Å². The molecule has 0 bridgehead atoms. The number of rotatable bonds is 4. The molecule has 1 aliphatic heterocycles. The number of hydrogen-bond donors (Lipinski definition) is 1. The molecular weight excluding hydrogens is 190 g/mol. The average molecular weight is 207 g/mol. The van der Waals surface area contributed by atoms with Crippen LogP contribution in [0.5, 0.6) is 0 Å². The standard InChI is InChI=1S/C11H17N3O/c15-9-4-10(11-12-5-6-13-11)14-7-2-1-3-8-14/h5-6,9-10H,1-4,7-8H2,(H,12,13). The van der Waals surface area contributed by atoms with Crippen LogP contribution < -0.4 is 0 Å². The van der Waals surface area contributed by atoms with Crippen LogP contribution in [0, 0.1) is 0 Å². The molecule has 1 aromatic rings. The van der Waals surface area contributed by atoms with E-state index >= 15 is 0 Å². The fourth-order valence-electron chi connectivity index (χ4n) is 2.21. The zero-order chi connectivity index (χ0) is 10.5. The predicted molar refractivity (Wildman–Crippen MR) is 57.4 cm³/mol. The zero-order valence-electron chi connectivity index (χ0n) is 8.85. The summed E-state index contributed by atoms with van der Waals surface area (Å²) >= 11 is 0. The van der Waals surface area contributed by atoms with Gasteiger partial charge < -0.3 is 9.78 Å². The highest BCUT2D eigenvalue weighted by Gasteiger charge is 2.23. The number of nitrogens with zero attached hydrogens (tertiary/aromatic N) is 2. The molecule has 0 saturated carbocycles. The van der Waals surface area contributed by atoms with Gasteiger partial charge in [0.2, 0.25) is 0 Å². The summed E-state index contributed by atoms with van der Waals surface area (Å²) in [6.07, 6.45) is 8.86. The summed E-state index contributed by atoms with van der Waals surface area (Å²) < 4.78 is 0. The Hall–Kier alpha value is -1.16. The Kier molecular flexibility index (Phi) is 3.50. The first-order valence-electron chi connectivity index (χ1n) is 5.59. The maximum Gasteiger partial charge on any atom is 0.123 e. The maximum atomic E-state index is 10.7. The van der Waals surface area contributed by atoms with Gasteiger partial charge in [-0.25, -0.2) is 4.98 Å². The molecule has 0 aromatic carbocycles. The van der Waals surface area contributed by atoms with Crippen LogP contribution in [0.4, 0.5) is 0 Å². The van der Waals surface area contributed by atoms with Crippen molar-refractivity contribution in [1.29, 1.82) is 0 Å². The molecule has 1 atom stereocenters. The minimum absolute atomic E-state index is 0.151. The van der Waals surface area contributed by atoms with E-state index in [2.05, 4.69) is 14.9 Å². The predicted octanol–water partition coefficient (Wildman–Crippen LogP) is 1.53. The first-order valence-corrected chi connectivity index (χ1v) is 5.59. The molecule has 1 saturated heterocycles. The van der Waals surface area contributed by atoms with E-state index < -0.39 is 0 Å². The number of aldehydes is 1. The van der Waals surface area contributed by atoms with Gasteiger partial charge in [-0.3, -0.25) is 4.90 Å². The SMILES string of the molecule is O=CCC(c1ncc[nH]1)N1CCCCC1. The lowest BCUT2D eigenvalue weighted by Crippen LogP contribution is -2.34. The topological polar surface area (TPSA) is 49.0 Å². The quantitative estimate of drug-likeness (QED) is 0.762. The first kappa shape index (κ1) is 10.4. The van der Waals surface area contributed by atoms with Crippen molar-refractivity contribution >= 4 is 6.29 Å². The number of aromatic nitrogens is 2. The summed E-state index contributed by atoms with van der Waals surface area (Å²) in [5, 5.41) is 0. The average Bonchev–Trinajstić information content (AvgIpc) is 2.80. The molecular formula is C11H17N3O. The fourth-order valence-corrected chi connectivity index (χ4v) is 2.21.